The molecule has 0 saturated heterocycles. The predicted octanol–water partition coefficient (Wildman–Crippen LogP) is 2.34. The highest BCUT2D eigenvalue weighted by Gasteiger charge is 2.25. The van der Waals surface area contributed by atoms with E-state index in [1.807, 2.05) is 0 Å². The van der Waals surface area contributed by atoms with Gasteiger partial charge in [-0.25, -0.2) is 9.97 Å². The number of hydrogen-bond donors (Lipinski definition) is 1. The molecule has 1 aliphatic rings. The van der Waals surface area contributed by atoms with Crippen LogP contribution in [-0.2, 0) is 0 Å². The molecule has 0 aromatic carbocycles. The molecule has 1 fully saturated rings. The topological polar surface area (TPSA) is 55.0 Å². The fourth-order valence-electron chi connectivity index (χ4n) is 1.78. The molecule has 88 valence electrons. The van der Waals surface area contributed by atoms with Gasteiger partial charge >= 0.3 is 0 Å². The number of aromatic nitrogens is 2. The number of nitrogens with zero attached hydrogens (tertiary/aromatic N) is 3. The second-order valence-electron chi connectivity index (χ2n) is 4.29. The zero-order chi connectivity index (χ0) is 11.5. The molecule has 1 aromatic heterocycles. The summed E-state index contributed by atoms with van der Waals surface area (Å²) < 4.78 is 0. The molecule has 5 heteroatoms. The number of hydrogen-bond acceptors (Lipinski definition) is 4. The summed E-state index contributed by atoms with van der Waals surface area (Å²) in [5.74, 6) is 1.59. The highest BCUT2D eigenvalue weighted by molar-refractivity contribution is 6.32. The summed E-state index contributed by atoms with van der Waals surface area (Å²) in [6, 6.07) is 0. The van der Waals surface area contributed by atoms with Gasteiger partial charge in [0.25, 0.3) is 0 Å². The summed E-state index contributed by atoms with van der Waals surface area (Å²) >= 11 is 5.91. The van der Waals surface area contributed by atoms with Gasteiger partial charge in [-0.2, -0.15) is 0 Å². The molecular formula is C11H17ClN4. The zero-order valence-corrected chi connectivity index (χ0v) is 10.2. The molecule has 0 aliphatic heterocycles. The fourth-order valence-corrected chi connectivity index (χ4v) is 1.91. The van der Waals surface area contributed by atoms with E-state index in [-0.39, 0.29) is 0 Å². The Morgan fingerprint density at radius 3 is 2.88 bits per heavy atom. The molecule has 0 atom stereocenters. The van der Waals surface area contributed by atoms with Crippen LogP contribution in [0.1, 0.15) is 26.2 Å². The van der Waals surface area contributed by atoms with E-state index in [9.17, 15) is 0 Å². The van der Waals surface area contributed by atoms with Gasteiger partial charge < -0.3 is 10.6 Å². The van der Waals surface area contributed by atoms with Crippen LogP contribution in [-0.4, -0.2) is 23.1 Å². The van der Waals surface area contributed by atoms with Crippen molar-refractivity contribution in [2.45, 2.75) is 26.2 Å². The molecule has 2 N–H and O–H groups in total. The van der Waals surface area contributed by atoms with Gasteiger partial charge in [0.15, 0.2) is 11.0 Å². The van der Waals surface area contributed by atoms with E-state index in [0.29, 0.717) is 10.8 Å². The average molecular weight is 241 g/mol. The van der Waals surface area contributed by atoms with Crippen LogP contribution in [0.4, 0.5) is 11.5 Å². The molecule has 1 saturated carbocycles. The van der Waals surface area contributed by atoms with Crippen molar-refractivity contribution in [1.82, 2.24) is 9.97 Å². The van der Waals surface area contributed by atoms with Crippen LogP contribution in [0.2, 0.25) is 5.15 Å². The zero-order valence-electron chi connectivity index (χ0n) is 9.49. The quantitative estimate of drug-likeness (QED) is 0.803. The van der Waals surface area contributed by atoms with E-state index >= 15 is 0 Å². The smallest absolute Gasteiger partial charge is 0.157 e. The third-order valence-corrected chi connectivity index (χ3v) is 3.08. The van der Waals surface area contributed by atoms with Gasteiger partial charge in [-0.3, -0.25) is 0 Å². The SMILES string of the molecule is CCCN(CC1CC1)c1ncnc(Cl)c1N. The minimum atomic E-state index is 0.349. The van der Waals surface area contributed by atoms with Crippen LogP contribution in [0.15, 0.2) is 6.33 Å². The average Bonchev–Trinajstić information content (AvgIpc) is 3.06. The van der Waals surface area contributed by atoms with Crippen LogP contribution in [0, 0.1) is 5.92 Å². The first-order valence-electron chi connectivity index (χ1n) is 5.73. The predicted molar refractivity (Wildman–Crippen MR) is 66.7 cm³/mol. The van der Waals surface area contributed by atoms with E-state index < -0.39 is 0 Å². The normalized spacial score (nSPS) is 15.1. The summed E-state index contributed by atoms with van der Waals surface area (Å²) in [7, 11) is 0. The van der Waals surface area contributed by atoms with Crippen molar-refractivity contribution in [2.75, 3.05) is 23.7 Å². The Balaban J connectivity index is 2.18. The Labute approximate surface area is 101 Å². The lowest BCUT2D eigenvalue weighted by Crippen LogP contribution is -2.28. The Morgan fingerprint density at radius 2 is 2.25 bits per heavy atom. The number of anilines is 2. The minimum Gasteiger partial charge on any atom is -0.393 e. The molecule has 0 unspecified atom stereocenters. The molecule has 2 rings (SSSR count). The van der Waals surface area contributed by atoms with Crippen molar-refractivity contribution in [3.63, 3.8) is 0 Å². The Morgan fingerprint density at radius 1 is 1.50 bits per heavy atom. The lowest BCUT2D eigenvalue weighted by Gasteiger charge is -2.24. The van der Waals surface area contributed by atoms with Crippen LogP contribution >= 0.6 is 11.6 Å². The van der Waals surface area contributed by atoms with Gasteiger partial charge in [-0.05, 0) is 25.2 Å². The van der Waals surface area contributed by atoms with Gasteiger partial charge in [0.2, 0.25) is 0 Å². The second kappa shape index (κ2) is 4.87. The molecule has 16 heavy (non-hydrogen) atoms. The van der Waals surface area contributed by atoms with Crippen LogP contribution in [0.3, 0.4) is 0 Å². The van der Waals surface area contributed by atoms with Gasteiger partial charge in [0.05, 0.1) is 0 Å². The van der Waals surface area contributed by atoms with Crippen molar-refractivity contribution in [3.8, 4) is 0 Å². The molecule has 1 aliphatic carbocycles. The van der Waals surface area contributed by atoms with Crippen LogP contribution in [0.5, 0.6) is 0 Å². The monoisotopic (exact) mass is 240 g/mol. The van der Waals surface area contributed by atoms with Crippen molar-refractivity contribution < 1.29 is 0 Å². The van der Waals surface area contributed by atoms with Crippen LogP contribution < -0.4 is 10.6 Å². The fraction of sp³-hybridized carbons (Fsp3) is 0.636. The van der Waals surface area contributed by atoms with E-state index in [1.165, 1.54) is 19.2 Å². The Hall–Kier alpha value is -1.03. The standard InChI is InChI=1S/C11H17ClN4/c1-2-5-16(6-8-3-4-8)11-9(13)10(12)14-7-15-11/h7-8H,2-6,13H2,1H3. The largest absolute Gasteiger partial charge is 0.393 e. The van der Waals surface area contributed by atoms with Crippen molar-refractivity contribution in [1.29, 1.82) is 0 Å². The van der Waals surface area contributed by atoms with Gasteiger partial charge in [-0.1, -0.05) is 18.5 Å². The van der Waals surface area contributed by atoms with E-state index in [4.69, 9.17) is 17.3 Å². The van der Waals surface area contributed by atoms with Crippen molar-refractivity contribution in [2.24, 2.45) is 5.92 Å². The lowest BCUT2D eigenvalue weighted by atomic mass is 10.3. The van der Waals surface area contributed by atoms with Gasteiger partial charge in [0.1, 0.15) is 12.0 Å². The number of nitrogens with two attached hydrogens (primary N) is 1. The Kier molecular flexibility index (Phi) is 3.49. The van der Waals surface area contributed by atoms with Crippen LogP contribution in [0.25, 0.3) is 0 Å². The third-order valence-electron chi connectivity index (χ3n) is 2.78. The maximum atomic E-state index is 5.91. The van der Waals surface area contributed by atoms with E-state index in [1.54, 1.807) is 0 Å². The first-order valence-corrected chi connectivity index (χ1v) is 6.11. The summed E-state index contributed by atoms with van der Waals surface area (Å²) in [4.78, 5) is 10.3. The third kappa shape index (κ3) is 2.55. The summed E-state index contributed by atoms with van der Waals surface area (Å²) in [5.41, 5.74) is 6.41. The lowest BCUT2D eigenvalue weighted by molar-refractivity contribution is 0.699. The molecular weight excluding hydrogens is 224 g/mol. The number of rotatable bonds is 5. The first-order chi connectivity index (χ1) is 7.72. The molecule has 0 radical (unpaired) electrons. The summed E-state index contributed by atoms with van der Waals surface area (Å²) in [5, 5.41) is 0.349. The first kappa shape index (κ1) is 11.5. The molecule has 0 spiro atoms. The molecule has 0 amide bonds. The van der Waals surface area contributed by atoms with Crippen molar-refractivity contribution in [3.05, 3.63) is 11.5 Å². The summed E-state index contributed by atoms with van der Waals surface area (Å²) in [6.45, 7) is 4.15. The Bertz CT molecular complexity index is 365. The van der Waals surface area contributed by atoms with Crippen molar-refractivity contribution >= 4 is 23.1 Å². The molecule has 0 bridgehead atoms. The van der Waals surface area contributed by atoms with Gasteiger partial charge in [0, 0.05) is 13.1 Å². The minimum absolute atomic E-state index is 0.349. The maximum Gasteiger partial charge on any atom is 0.157 e. The van der Waals surface area contributed by atoms with Gasteiger partial charge in [-0.15, -0.1) is 0 Å². The number of nitrogen functional groups attached to an aromatic ring is 1. The molecule has 1 heterocycles. The van der Waals surface area contributed by atoms with E-state index in [2.05, 4.69) is 21.8 Å². The molecule has 4 nitrogen and oxygen atoms in total. The van der Waals surface area contributed by atoms with E-state index in [0.717, 1.165) is 31.2 Å². The highest BCUT2D eigenvalue weighted by Crippen LogP contribution is 2.33. The second-order valence-corrected chi connectivity index (χ2v) is 4.65. The highest BCUT2D eigenvalue weighted by atomic mass is 35.5. The molecule has 1 aromatic rings. The maximum absolute atomic E-state index is 5.91. The summed E-state index contributed by atoms with van der Waals surface area (Å²) in [6.07, 6.45) is 5.19. The number of halogens is 1.